The van der Waals surface area contributed by atoms with Crippen LogP contribution in [0.2, 0.25) is 0 Å². The molecular weight excluding hydrogens is 238 g/mol. The lowest BCUT2D eigenvalue weighted by atomic mass is 10.0. The maximum Gasteiger partial charge on any atom is 0.317 e. The van der Waals surface area contributed by atoms with Gasteiger partial charge in [0, 0.05) is 13.1 Å². The number of fused-ring (bicyclic) bond motifs is 1. The lowest BCUT2D eigenvalue weighted by Crippen LogP contribution is -2.29. The Hall–Kier alpha value is -2.13. The minimum atomic E-state index is -0.818. The Balaban J connectivity index is 2.27. The summed E-state index contributed by atoms with van der Waals surface area (Å²) in [6.07, 6.45) is 1.73. The van der Waals surface area contributed by atoms with Gasteiger partial charge in [0.15, 0.2) is 0 Å². The summed E-state index contributed by atoms with van der Waals surface area (Å²) in [5.74, 6) is -0.818. The zero-order valence-electron chi connectivity index (χ0n) is 10.7. The van der Waals surface area contributed by atoms with Crippen molar-refractivity contribution in [2.75, 3.05) is 13.1 Å². The summed E-state index contributed by atoms with van der Waals surface area (Å²) >= 11 is 0. The van der Waals surface area contributed by atoms with E-state index in [1.165, 1.54) is 10.8 Å². The van der Waals surface area contributed by atoms with E-state index in [0.717, 1.165) is 5.56 Å². The van der Waals surface area contributed by atoms with Gasteiger partial charge >= 0.3 is 5.97 Å². The quantitative estimate of drug-likeness (QED) is 0.807. The van der Waals surface area contributed by atoms with Crippen LogP contribution in [0.4, 0.5) is 0 Å². The molecule has 19 heavy (non-hydrogen) atoms. The van der Waals surface area contributed by atoms with Gasteiger partial charge in [0.2, 0.25) is 0 Å². The van der Waals surface area contributed by atoms with E-state index in [1.807, 2.05) is 29.2 Å². The third-order valence-electron chi connectivity index (χ3n) is 3.02. The van der Waals surface area contributed by atoms with Crippen LogP contribution in [0.25, 0.3) is 10.8 Å². The lowest BCUT2D eigenvalue weighted by molar-refractivity contribution is -0.138. The van der Waals surface area contributed by atoms with Crippen molar-refractivity contribution in [3.8, 4) is 0 Å². The fourth-order valence-electron chi connectivity index (χ4n) is 2.23. The number of carbonyl (C=O) groups is 1. The Bertz CT molecular complexity index is 587. The second-order valence-electron chi connectivity index (χ2n) is 4.49. The van der Waals surface area contributed by atoms with Gasteiger partial charge in [-0.05, 0) is 16.3 Å². The van der Waals surface area contributed by atoms with Crippen molar-refractivity contribution in [1.82, 2.24) is 4.90 Å². The first kappa shape index (κ1) is 13.3. The predicted molar refractivity (Wildman–Crippen MR) is 77.1 cm³/mol. The highest BCUT2D eigenvalue weighted by Gasteiger charge is 2.10. The molecule has 0 heterocycles. The van der Waals surface area contributed by atoms with Crippen molar-refractivity contribution < 1.29 is 9.90 Å². The molecular formula is C16H17NO2. The highest BCUT2D eigenvalue weighted by Crippen LogP contribution is 2.19. The molecule has 0 amide bonds. The second kappa shape index (κ2) is 6.16. The van der Waals surface area contributed by atoms with Gasteiger partial charge < -0.3 is 5.11 Å². The average molecular weight is 255 g/mol. The van der Waals surface area contributed by atoms with Crippen molar-refractivity contribution in [3.05, 3.63) is 60.7 Å². The molecule has 2 aromatic rings. The molecule has 0 unspecified atom stereocenters. The summed E-state index contributed by atoms with van der Waals surface area (Å²) in [4.78, 5) is 12.7. The van der Waals surface area contributed by atoms with Crippen LogP contribution in [0, 0.1) is 0 Å². The average Bonchev–Trinajstić information content (AvgIpc) is 2.39. The number of benzene rings is 2. The maximum atomic E-state index is 10.9. The van der Waals surface area contributed by atoms with Crippen molar-refractivity contribution in [3.63, 3.8) is 0 Å². The van der Waals surface area contributed by atoms with E-state index >= 15 is 0 Å². The molecule has 0 aliphatic rings. The van der Waals surface area contributed by atoms with E-state index in [2.05, 4.69) is 24.8 Å². The minimum absolute atomic E-state index is 0.0231. The molecule has 0 aliphatic heterocycles. The first-order valence-electron chi connectivity index (χ1n) is 6.22. The van der Waals surface area contributed by atoms with Crippen LogP contribution >= 0.6 is 0 Å². The fourth-order valence-corrected chi connectivity index (χ4v) is 2.23. The van der Waals surface area contributed by atoms with Crippen LogP contribution in [-0.4, -0.2) is 29.1 Å². The monoisotopic (exact) mass is 255 g/mol. The van der Waals surface area contributed by atoms with Crippen molar-refractivity contribution in [2.24, 2.45) is 0 Å². The van der Waals surface area contributed by atoms with Crippen LogP contribution in [0.15, 0.2) is 55.1 Å². The van der Waals surface area contributed by atoms with Crippen LogP contribution < -0.4 is 0 Å². The van der Waals surface area contributed by atoms with Gasteiger partial charge in [-0.1, -0.05) is 48.5 Å². The van der Waals surface area contributed by atoms with Gasteiger partial charge in [0.05, 0.1) is 6.54 Å². The molecule has 0 fully saturated rings. The van der Waals surface area contributed by atoms with Crippen molar-refractivity contribution in [1.29, 1.82) is 0 Å². The zero-order chi connectivity index (χ0) is 13.7. The molecule has 2 aromatic carbocycles. The third-order valence-corrected chi connectivity index (χ3v) is 3.02. The molecule has 0 radical (unpaired) electrons. The number of aliphatic carboxylic acids is 1. The normalized spacial score (nSPS) is 10.8. The van der Waals surface area contributed by atoms with E-state index in [-0.39, 0.29) is 6.54 Å². The summed E-state index contributed by atoms with van der Waals surface area (Å²) < 4.78 is 0. The number of rotatable bonds is 6. The van der Waals surface area contributed by atoms with E-state index in [1.54, 1.807) is 6.08 Å². The Morgan fingerprint density at radius 2 is 1.95 bits per heavy atom. The second-order valence-corrected chi connectivity index (χ2v) is 4.49. The summed E-state index contributed by atoms with van der Waals surface area (Å²) in [6.45, 7) is 4.88. The predicted octanol–water partition coefficient (Wildman–Crippen LogP) is 2.91. The highest BCUT2D eigenvalue weighted by atomic mass is 16.4. The number of carboxylic acids is 1. The first-order chi connectivity index (χ1) is 9.20. The molecule has 2 rings (SSSR count). The van der Waals surface area contributed by atoms with Crippen LogP contribution in [0.1, 0.15) is 5.56 Å². The van der Waals surface area contributed by atoms with Crippen molar-refractivity contribution >= 4 is 16.7 Å². The van der Waals surface area contributed by atoms with Gasteiger partial charge in [-0.3, -0.25) is 9.69 Å². The van der Waals surface area contributed by atoms with Gasteiger partial charge in [-0.2, -0.15) is 0 Å². The van der Waals surface area contributed by atoms with Gasteiger partial charge in [0.1, 0.15) is 0 Å². The largest absolute Gasteiger partial charge is 0.480 e. The maximum absolute atomic E-state index is 10.9. The SMILES string of the molecule is C=CCN(CC(=O)O)Cc1cccc2ccccc12. The first-order valence-corrected chi connectivity index (χ1v) is 6.22. The summed E-state index contributed by atoms with van der Waals surface area (Å²) in [6, 6.07) is 14.2. The van der Waals surface area contributed by atoms with E-state index in [4.69, 9.17) is 5.11 Å². The Morgan fingerprint density at radius 3 is 2.68 bits per heavy atom. The topological polar surface area (TPSA) is 40.5 Å². The Labute approximate surface area is 112 Å². The number of carboxylic acid groups (broad SMARTS) is 1. The molecule has 0 aliphatic carbocycles. The molecule has 0 aromatic heterocycles. The zero-order valence-corrected chi connectivity index (χ0v) is 10.7. The molecule has 3 nitrogen and oxygen atoms in total. The van der Waals surface area contributed by atoms with Gasteiger partial charge in [-0.15, -0.1) is 6.58 Å². The Kier molecular flexibility index (Phi) is 4.31. The number of hydrogen-bond donors (Lipinski definition) is 1. The smallest absolute Gasteiger partial charge is 0.317 e. The Morgan fingerprint density at radius 1 is 1.21 bits per heavy atom. The fraction of sp³-hybridized carbons (Fsp3) is 0.188. The van der Waals surface area contributed by atoms with E-state index < -0.39 is 5.97 Å². The summed E-state index contributed by atoms with van der Waals surface area (Å²) in [7, 11) is 0. The van der Waals surface area contributed by atoms with Crippen LogP contribution in [0.3, 0.4) is 0 Å². The number of nitrogens with zero attached hydrogens (tertiary/aromatic N) is 1. The van der Waals surface area contributed by atoms with Crippen LogP contribution in [-0.2, 0) is 11.3 Å². The van der Waals surface area contributed by atoms with Crippen LogP contribution in [0.5, 0.6) is 0 Å². The molecule has 0 spiro atoms. The molecule has 1 N–H and O–H groups in total. The molecule has 0 atom stereocenters. The summed E-state index contributed by atoms with van der Waals surface area (Å²) in [5.41, 5.74) is 1.14. The minimum Gasteiger partial charge on any atom is -0.480 e. The standard InChI is InChI=1S/C16H17NO2/c1-2-10-17(12-16(18)19)11-14-8-5-7-13-6-3-4-9-15(13)14/h2-9H,1,10-12H2,(H,18,19). The highest BCUT2D eigenvalue weighted by molar-refractivity contribution is 5.85. The lowest BCUT2D eigenvalue weighted by Gasteiger charge is -2.19. The number of hydrogen-bond acceptors (Lipinski definition) is 2. The molecule has 98 valence electrons. The van der Waals surface area contributed by atoms with E-state index in [0.29, 0.717) is 13.1 Å². The van der Waals surface area contributed by atoms with Gasteiger partial charge in [0.25, 0.3) is 0 Å². The summed E-state index contributed by atoms with van der Waals surface area (Å²) in [5, 5.41) is 11.3. The molecule has 0 saturated heterocycles. The van der Waals surface area contributed by atoms with Gasteiger partial charge in [-0.25, -0.2) is 0 Å². The molecule has 3 heteroatoms. The third kappa shape index (κ3) is 3.42. The van der Waals surface area contributed by atoms with Crippen molar-refractivity contribution in [2.45, 2.75) is 6.54 Å². The molecule has 0 saturated carbocycles. The van der Waals surface area contributed by atoms with E-state index in [9.17, 15) is 4.79 Å². The molecule has 0 bridgehead atoms.